The van der Waals surface area contributed by atoms with Crippen LogP contribution in [-0.2, 0) is 0 Å². The van der Waals surface area contributed by atoms with Gasteiger partial charge < -0.3 is 29.2 Å². The number of fused-ring (bicyclic) bond motifs is 3. The molecule has 0 atom stereocenters. The van der Waals surface area contributed by atoms with Crippen molar-refractivity contribution in [1.82, 2.24) is 0 Å². The van der Waals surface area contributed by atoms with Crippen LogP contribution in [-0.4, -0.2) is 50.2 Å². The molecule has 1 aliphatic rings. The zero-order valence-electron chi connectivity index (χ0n) is 31.5. The van der Waals surface area contributed by atoms with E-state index in [1.54, 1.807) is 52.7 Å². The molecule has 0 radical (unpaired) electrons. The van der Waals surface area contributed by atoms with Crippen LogP contribution in [0.25, 0.3) is 10.8 Å². The molecule has 0 saturated heterocycles. The maximum Gasteiger partial charge on any atom is 0.198 e. The summed E-state index contributed by atoms with van der Waals surface area (Å²) in [5.41, 5.74) is -0.219. The number of carbonyl (C=O) groups excluding carboxylic acids is 2. The van der Waals surface area contributed by atoms with Gasteiger partial charge in [-0.25, -0.2) is 0 Å². The van der Waals surface area contributed by atoms with Gasteiger partial charge in [-0.3, -0.25) is 9.59 Å². The first kappa shape index (κ1) is 39.2. The van der Waals surface area contributed by atoms with Gasteiger partial charge >= 0.3 is 0 Å². The maximum atomic E-state index is 14.6. The van der Waals surface area contributed by atoms with Gasteiger partial charge in [0.05, 0.1) is 39.6 Å². The second-order valence-corrected chi connectivity index (χ2v) is 17.4. The van der Waals surface area contributed by atoms with Gasteiger partial charge in [-0.2, -0.15) is 0 Å². The third-order valence-corrected chi connectivity index (χ3v) is 13.9. The van der Waals surface area contributed by atoms with Crippen LogP contribution >= 0.6 is 47.0 Å². The molecule has 0 aliphatic heterocycles. The van der Waals surface area contributed by atoms with E-state index in [9.17, 15) is 19.8 Å². The summed E-state index contributed by atoms with van der Waals surface area (Å²) in [6, 6.07) is 37.2. The Bertz CT molecular complexity index is 2580. The van der Waals surface area contributed by atoms with Crippen molar-refractivity contribution < 1.29 is 38.7 Å². The zero-order chi connectivity index (χ0) is 40.5. The first-order valence-electron chi connectivity index (χ1n) is 17.8. The summed E-state index contributed by atoms with van der Waals surface area (Å²) >= 11 is 5.72. The summed E-state index contributed by atoms with van der Waals surface area (Å²) in [5, 5.41) is 24.6. The van der Waals surface area contributed by atoms with Crippen LogP contribution < -0.4 is 18.9 Å². The van der Waals surface area contributed by atoms with E-state index in [0.29, 0.717) is 32.8 Å². The van der Waals surface area contributed by atoms with Gasteiger partial charge in [-0.15, -0.1) is 0 Å². The molecule has 2 N–H and O–H groups in total. The van der Waals surface area contributed by atoms with E-state index in [-0.39, 0.29) is 44.5 Å². The fourth-order valence-corrected chi connectivity index (χ4v) is 10.7. The summed E-state index contributed by atoms with van der Waals surface area (Å²) in [7, 11) is 6.40. The van der Waals surface area contributed by atoms with Gasteiger partial charge in [-0.1, -0.05) is 71.3 Å². The molecule has 7 aromatic rings. The monoisotopic (exact) mass is 842 g/mol. The largest absolute Gasteiger partial charge is 0.506 e. The molecule has 0 fully saturated rings. The zero-order valence-corrected chi connectivity index (χ0v) is 34.8. The SMILES string of the molecule is COc1cccc(Sc2cc3c(cc2Sc2cccc(OC)c2)C(=O)c2c(c(O)c4cc(Sc5cccc(OC)c5)c(Sc5cccc(OC)c5)cc4c2O)C3=O)c1. The molecular formula is C46H34O8S4. The second-order valence-electron chi connectivity index (χ2n) is 12.9. The van der Waals surface area contributed by atoms with Crippen molar-refractivity contribution in [1.29, 1.82) is 0 Å². The van der Waals surface area contributed by atoms with Crippen molar-refractivity contribution in [3.05, 3.63) is 144 Å². The van der Waals surface area contributed by atoms with E-state index < -0.39 is 11.6 Å². The lowest BCUT2D eigenvalue weighted by Crippen LogP contribution is -2.22. The van der Waals surface area contributed by atoms with E-state index in [2.05, 4.69) is 0 Å². The number of carbonyl (C=O) groups is 2. The van der Waals surface area contributed by atoms with Gasteiger partial charge in [0.2, 0.25) is 0 Å². The van der Waals surface area contributed by atoms with E-state index in [1.165, 1.54) is 47.0 Å². The van der Waals surface area contributed by atoms with E-state index in [0.717, 1.165) is 29.4 Å². The second kappa shape index (κ2) is 16.7. The van der Waals surface area contributed by atoms with Crippen molar-refractivity contribution >= 4 is 69.4 Å². The number of ketones is 2. The Labute approximate surface area is 351 Å². The quantitative estimate of drug-likeness (QED) is 0.114. The molecule has 0 aromatic heterocycles. The molecule has 8 nitrogen and oxygen atoms in total. The van der Waals surface area contributed by atoms with Crippen LogP contribution in [0.1, 0.15) is 31.8 Å². The molecule has 12 heteroatoms. The number of benzene rings is 7. The smallest absolute Gasteiger partial charge is 0.198 e. The normalized spacial score (nSPS) is 11.9. The Balaban J connectivity index is 1.28. The van der Waals surface area contributed by atoms with Crippen molar-refractivity contribution in [3.8, 4) is 34.5 Å². The molecule has 8 rings (SSSR count). The molecule has 290 valence electrons. The predicted molar refractivity (Wildman–Crippen MR) is 229 cm³/mol. The number of aromatic hydroxyl groups is 2. The first-order valence-corrected chi connectivity index (χ1v) is 21.0. The Morgan fingerprint density at radius 3 is 0.948 bits per heavy atom. The van der Waals surface area contributed by atoms with E-state index in [4.69, 9.17) is 18.9 Å². The summed E-state index contributed by atoms with van der Waals surface area (Å²) in [6.45, 7) is 0. The van der Waals surface area contributed by atoms with Crippen LogP contribution in [0.4, 0.5) is 0 Å². The number of hydrogen-bond acceptors (Lipinski definition) is 12. The lowest BCUT2D eigenvalue weighted by atomic mass is 9.81. The third kappa shape index (κ3) is 7.68. The molecule has 1 aliphatic carbocycles. The minimum absolute atomic E-state index is 0.128. The van der Waals surface area contributed by atoms with Crippen LogP contribution in [0.5, 0.6) is 34.5 Å². The van der Waals surface area contributed by atoms with Gasteiger partial charge in [-0.05, 0) is 97.1 Å². The van der Waals surface area contributed by atoms with Gasteiger partial charge in [0, 0.05) is 61.1 Å². The Morgan fingerprint density at radius 1 is 0.397 bits per heavy atom. The Morgan fingerprint density at radius 2 is 0.672 bits per heavy atom. The lowest BCUT2D eigenvalue weighted by Gasteiger charge is -2.23. The molecule has 0 unspecified atom stereocenters. The van der Waals surface area contributed by atoms with Crippen LogP contribution in [0.15, 0.2) is 160 Å². The highest BCUT2D eigenvalue weighted by Gasteiger charge is 2.37. The minimum Gasteiger partial charge on any atom is -0.506 e. The number of hydrogen-bond donors (Lipinski definition) is 2. The first-order chi connectivity index (χ1) is 28.2. The fraction of sp³-hybridized carbons (Fsp3) is 0.0870. The van der Waals surface area contributed by atoms with Gasteiger partial charge in [0.25, 0.3) is 0 Å². The molecule has 0 heterocycles. The molecule has 58 heavy (non-hydrogen) atoms. The molecule has 0 bridgehead atoms. The maximum absolute atomic E-state index is 14.6. The highest BCUT2D eigenvalue weighted by atomic mass is 32.2. The van der Waals surface area contributed by atoms with E-state index in [1.807, 2.05) is 97.1 Å². The molecular weight excluding hydrogens is 809 g/mol. The highest BCUT2D eigenvalue weighted by Crippen LogP contribution is 2.51. The number of phenolic OH excluding ortho intramolecular Hbond substituents is 2. The fourth-order valence-electron chi connectivity index (χ4n) is 6.59. The average Bonchev–Trinajstić information content (AvgIpc) is 3.25. The summed E-state index contributed by atoms with van der Waals surface area (Å²) in [4.78, 5) is 35.6. The summed E-state index contributed by atoms with van der Waals surface area (Å²) < 4.78 is 21.9. The van der Waals surface area contributed by atoms with Crippen LogP contribution in [0.3, 0.4) is 0 Å². The molecule has 0 amide bonds. The number of phenols is 2. The van der Waals surface area contributed by atoms with Crippen molar-refractivity contribution in [3.63, 3.8) is 0 Å². The van der Waals surface area contributed by atoms with E-state index >= 15 is 0 Å². The topological polar surface area (TPSA) is 112 Å². The predicted octanol–water partition coefficient (Wildman–Crippen LogP) is 11.7. The molecule has 7 aromatic carbocycles. The molecule has 0 spiro atoms. The lowest BCUT2D eigenvalue weighted by molar-refractivity contribution is 0.0974. The highest BCUT2D eigenvalue weighted by molar-refractivity contribution is 8.02. The number of ether oxygens (including phenoxy) is 4. The number of methoxy groups -OCH3 is 4. The average molecular weight is 843 g/mol. The molecule has 0 saturated carbocycles. The number of rotatable bonds is 12. The van der Waals surface area contributed by atoms with Crippen molar-refractivity contribution in [2.75, 3.05) is 28.4 Å². The summed E-state index contributed by atoms with van der Waals surface area (Å²) in [5.74, 6) is 0.808. The van der Waals surface area contributed by atoms with Crippen molar-refractivity contribution in [2.24, 2.45) is 0 Å². The van der Waals surface area contributed by atoms with Gasteiger partial charge in [0.1, 0.15) is 34.5 Å². The third-order valence-electron chi connectivity index (χ3n) is 9.42. The Hall–Kier alpha value is -5.66. The summed E-state index contributed by atoms with van der Waals surface area (Å²) in [6.07, 6.45) is 0. The standard InChI is InChI=1S/C46H34O8S4/c1-51-25-9-5-13-29(17-25)55-37-21-33-34(22-38(37)56-30-14-6-10-26(18-30)52-2)44(48)42-41(43(33)47)45(49)35-23-39(57-31-15-7-11-27(19-31)53-3)40(24-36(35)46(42)50)58-32-16-8-12-28(20-32)54-4/h5-24,47-48H,1-4H3. The minimum atomic E-state index is -0.568. The van der Waals surface area contributed by atoms with Crippen LogP contribution in [0.2, 0.25) is 0 Å². The van der Waals surface area contributed by atoms with Crippen LogP contribution in [0, 0.1) is 0 Å². The van der Waals surface area contributed by atoms with Gasteiger partial charge in [0.15, 0.2) is 11.6 Å². The van der Waals surface area contributed by atoms with Crippen molar-refractivity contribution in [2.45, 2.75) is 39.2 Å². The Kier molecular flexibility index (Phi) is 11.3.